The molecular weight excluding hydrogens is 310 g/mol. The molecule has 0 atom stereocenters. The van der Waals surface area contributed by atoms with E-state index in [2.05, 4.69) is 10.1 Å². The van der Waals surface area contributed by atoms with Crippen LogP contribution in [0.25, 0.3) is 5.69 Å². The summed E-state index contributed by atoms with van der Waals surface area (Å²) in [5, 5.41) is 3.73. The smallest absolute Gasteiger partial charge is 0.280 e. The predicted octanol–water partition coefficient (Wildman–Crippen LogP) is 4.19. The highest BCUT2D eigenvalue weighted by Crippen LogP contribution is 2.22. The Morgan fingerprint density at radius 3 is 2.57 bits per heavy atom. The lowest BCUT2D eigenvalue weighted by atomic mass is 10.2. The molecule has 1 N–H and O–H groups in total. The number of nitrogens with zero attached hydrogens (tertiary/aromatic N) is 2. The zero-order valence-electron chi connectivity index (χ0n) is 12.9. The summed E-state index contributed by atoms with van der Waals surface area (Å²) in [5.41, 5.74) is 3.67. The van der Waals surface area contributed by atoms with Crippen LogP contribution in [0.5, 0.6) is 0 Å². The molecule has 23 heavy (non-hydrogen) atoms. The van der Waals surface area contributed by atoms with E-state index in [0.717, 1.165) is 16.9 Å². The number of benzene rings is 2. The number of hydrogen-bond donors (Lipinski definition) is 1. The highest BCUT2D eigenvalue weighted by Gasteiger charge is 2.10. The van der Waals surface area contributed by atoms with Crippen molar-refractivity contribution < 1.29 is 0 Å². The van der Waals surface area contributed by atoms with Gasteiger partial charge in [0.05, 0.1) is 16.9 Å². The lowest BCUT2D eigenvalue weighted by Crippen LogP contribution is -2.17. The van der Waals surface area contributed by atoms with E-state index in [-0.39, 0.29) is 5.56 Å². The van der Waals surface area contributed by atoms with E-state index < -0.39 is 0 Å². The standard InChI is InChI=1S/C18H16ClN3O/c1-12-8-9-14(10-17(12)19)20-11-16-13(2)21-22(18(16)23)15-6-4-3-5-7-15/h3-11,21H,1-2H3. The Morgan fingerprint density at radius 1 is 1.13 bits per heavy atom. The molecular formula is C18H16ClN3O. The van der Waals surface area contributed by atoms with Crippen molar-refractivity contribution in [2.75, 3.05) is 0 Å². The van der Waals surface area contributed by atoms with E-state index in [9.17, 15) is 4.79 Å². The van der Waals surface area contributed by atoms with Gasteiger partial charge in [0.15, 0.2) is 0 Å². The van der Waals surface area contributed by atoms with Gasteiger partial charge in [-0.3, -0.25) is 14.9 Å². The van der Waals surface area contributed by atoms with Crippen LogP contribution in [0.3, 0.4) is 0 Å². The van der Waals surface area contributed by atoms with Crippen LogP contribution in [0.2, 0.25) is 5.02 Å². The van der Waals surface area contributed by atoms with E-state index in [0.29, 0.717) is 16.3 Å². The number of H-pyrrole nitrogens is 1. The Hall–Kier alpha value is -2.59. The fraction of sp³-hybridized carbons (Fsp3) is 0.111. The summed E-state index contributed by atoms with van der Waals surface area (Å²) >= 11 is 6.10. The van der Waals surface area contributed by atoms with Crippen molar-refractivity contribution in [1.29, 1.82) is 0 Å². The van der Waals surface area contributed by atoms with Crippen LogP contribution in [0.4, 0.5) is 5.69 Å². The van der Waals surface area contributed by atoms with Gasteiger partial charge in [0.2, 0.25) is 0 Å². The number of para-hydroxylation sites is 1. The summed E-state index contributed by atoms with van der Waals surface area (Å²) < 4.78 is 1.51. The molecule has 2 aromatic carbocycles. The lowest BCUT2D eigenvalue weighted by Gasteiger charge is -1.99. The first-order valence-corrected chi connectivity index (χ1v) is 7.61. The molecule has 1 heterocycles. The maximum absolute atomic E-state index is 12.5. The Balaban J connectivity index is 1.98. The van der Waals surface area contributed by atoms with Crippen molar-refractivity contribution in [3.8, 4) is 5.69 Å². The van der Waals surface area contributed by atoms with Gasteiger partial charge in [-0.1, -0.05) is 35.9 Å². The predicted molar refractivity (Wildman–Crippen MR) is 94.6 cm³/mol. The summed E-state index contributed by atoms with van der Waals surface area (Å²) in [6, 6.07) is 15.0. The molecule has 3 rings (SSSR count). The van der Waals surface area contributed by atoms with Gasteiger partial charge in [0.1, 0.15) is 0 Å². The summed E-state index contributed by atoms with van der Waals surface area (Å²) in [7, 11) is 0. The van der Waals surface area contributed by atoms with E-state index in [1.165, 1.54) is 4.68 Å². The van der Waals surface area contributed by atoms with Crippen molar-refractivity contribution in [2.24, 2.45) is 4.99 Å². The molecule has 0 aliphatic rings. The Bertz CT molecular complexity index is 923. The Morgan fingerprint density at radius 2 is 1.87 bits per heavy atom. The second-order valence-electron chi connectivity index (χ2n) is 5.32. The first kappa shape index (κ1) is 15.3. The SMILES string of the molecule is Cc1ccc(N=Cc2c(C)[nH]n(-c3ccccc3)c2=O)cc1Cl. The number of aryl methyl sites for hydroxylation is 2. The molecule has 0 saturated carbocycles. The molecule has 0 saturated heterocycles. The molecule has 1 aromatic heterocycles. The fourth-order valence-corrected chi connectivity index (χ4v) is 2.45. The molecule has 0 fully saturated rings. The monoisotopic (exact) mass is 325 g/mol. The highest BCUT2D eigenvalue weighted by atomic mass is 35.5. The molecule has 116 valence electrons. The third kappa shape index (κ3) is 3.12. The third-order valence-corrected chi connectivity index (χ3v) is 4.04. The largest absolute Gasteiger partial charge is 0.295 e. The van der Waals surface area contributed by atoms with Crippen LogP contribution in [0.1, 0.15) is 16.8 Å². The summed E-state index contributed by atoms with van der Waals surface area (Å²) in [6.07, 6.45) is 1.58. The van der Waals surface area contributed by atoms with Gasteiger partial charge >= 0.3 is 0 Å². The van der Waals surface area contributed by atoms with Crippen molar-refractivity contribution in [3.05, 3.63) is 80.7 Å². The summed E-state index contributed by atoms with van der Waals surface area (Å²) in [6.45, 7) is 3.79. The maximum atomic E-state index is 12.5. The van der Waals surface area contributed by atoms with Crippen molar-refractivity contribution in [3.63, 3.8) is 0 Å². The zero-order valence-corrected chi connectivity index (χ0v) is 13.6. The van der Waals surface area contributed by atoms with Gasteiger partial charge in [0, 0.05) is 16.9 Å². The number of aliphatic imine (C=N–C) groups is 1. The molecule has 0 aliphatic carbocycles. The molecule has 3 aromatic rings. The van der Waals surface area contributed by atoms with Crippen molar-refractivity contribution in [2.45, 2.75) is 13.8 Å². The van der Waals surface area contributed by atoms with Crippen LogP contribution in [-0.4, -0.2) is 16.0 Å². The number of aromatic nitrogens is 2. The van der Waals surface area contributed by atoms with Gasteiger partial charge in [-0.2, -0.15) is 0 Å². The molecule has 0 aliphatic heterocycles. The topological polar surface area (TPSA) is 50.1 Å². The molecule has 0 unspecified atom stereocenters. The molecule has 0 bridgehead atoms. The van der Waals surface area contributed by atoms with Gasteiger partial charge in [-0.05, 0) is 43.7 Å². The van der Waals surface area contributed by atoms with Crippen LogP contribution < -0.4 is 5.56 Å². The number of halogens is 1. The van der Waals surface area contributed by atoms with Gasteiger partial charge in [-0.25, -0.2) is 4.68 Å². The van der Waals surface area contributed by atoms with Crippen LogP contribution in [0, 0.1) is 13.8 Å². The number of aromatic amines is 1. The van der Waals surface area contributed by atoms with E-state index in [1.54, 1.807) is 12.3 Å². The van der Waals surface area contributed by atoms with Crippen molar-refractivity contribution >= 4 is 23.5 Å². The summed E-state index contributed by atoms with van der Waals surface area (Å²) in [5.74, 6) is 0. The lowest BCUT2D eigenvalue weighted by molar-refractivity contribution is 0.835. The fourth-order valence-electron chi connectivity index (χ4n) is 2.27. The highest BCUT2D eigenvalue weighted by molar-refractivity contribution is 6.31. The third-order valence-electron chi connectivity index (χ3n) is 3.63. The Kier molecular flexibility index (Phi) is 4.17. The molecule has 5 heteroatoms. The minimum Gasteiger partial charge on any atom is -0.295 e. The van der Waals surface area contributed by atoms with Crippen LogP contribution >= 0.6 is 11.6 Å². The molecule has 0 spiro atoms. The summed E-state index contributed by atoms with van der Waals surface area (Å²) in [4.78, 5) is 16.9. The van der Waals surface area contributed by atoms with Gasteiger partial charge < -0.3 is 0 Å². The first-order valence-electron chi connectivity index (χ1n) is 7.23. The van der Waals surface area contributed by atoms with Gasteiger partial charge in [-0.15, -0.1) is 0 Å². The average molecular weight is 326 g/mol. The Labute approximate surface area is 139 Å². The van der Waals surface area contributed by atoms with E-state index in [4.69, 9.17) is 11.6 Å². The number of rotatable bonds is 3. The number of nitrogens with one attached hydrogen (secondary N) is 1. The minimum atomic E-state index is -0.129. The van der Waals surface area contributed by atoms with E-state index in [1.807, 2.05) is 56.3 Å². The molecule has 0 radical (unpaired) electrons. The second-order valence-corrected chi connectivity index (χ2v) is 5.73. The second kappa shape index (κ2) is 6.26. The average Bonchev–Trinajstić information content (AvgIpc) is 2.84. The van der Waals surface area contributed by atoms with Gasteiger partial charge in [0.25, 0.3) is 5.56 Å². The normalized spacial score (nSPS) is 11.3. The first-order chi connectivity index (χ1) is 11.1. The van der Waals surface area contributed by atoms with Crippen molar-refractivity contribution in [1.82, 2.24) is 9.78 Å². The van der Waals surface area contributed by atoms with E-state index >= 15 is 0 Å². The minimum absolute atomic E-state index is 0.129. The maximum Gasteiger partial charge on any atom is 0.280 e. The van der Waals surface area contributed by atoms with Crippen LogP contribution in [0.15, 0.2) is 58.3 Å². The quantitative estimate of drug-likeness (QED) is 0.721. The van der Waals surface area contributed by atoms with Crippen LogP contribution in [-0.2, 0) is 0 Å². The number of hydrogen-bond acceptors (Lipinski definition) is 2. The zero-order chi connectivity index (χ0) is 16.4. The molecule has 0 amide bonds. The molecule has 4 nitrogen and oxygen atoms in total.